The Kier molecular flexibility index (Phi) is 5.02. The molecule has 1 aliphatic carbocycles. The van der Waals surface area contributed by atoms with Crippen LogP contribution in [0.5, 0.6) is 0 Å². The lowest BCUT2D eigenvalue weighted by Crippen LogP contribution is -2.34. The van der Waals surface area contributed by atoms with Gasteiger partial charge in [0.2, 0.25) is 0 Å². The average Bonchev–Trinajstić information content (AvgIpc) is 2.72. The second-order valence-corrected chi connectivity index (χ2v) is 9.06. The van der Waals surface area contributed by atoms with Gasteiger partial charge in [-0.1, -0.05) is 22.0 Å². The van der Waals surface area contributed by atoms with Gasteiger partial charge in [-0.2, -0.15) is 5.06 Å². The Bertz CT molecular complexity index is 801. The van der Waals surface area contributed by atoms with Crippen LogP contribution in [0.15, 0.2) is 33.3 Å². The molecular formula is C20H22Br2N2O. The Labute approximate surface area is 165 Å². The molecule has 1 unspecified atom stereocenters. The standard InChI is InChI=1S/C20H22Br2N2O/c1-12-8-14-2-3-15-10-16(21)11-23-20(15)19(18(14)17(22)9-12)13-4-6-24(25)7-5-13/h8-11,13,19,25H,2-7H2,1H3. The zero-order chi connectivity index (χ0) is 17.6. The molecule has 4 rings (SSSR count). The molecule has 0 saturated carbocycles. The van der Waals surface area contributed by atoms with Crippen molar-refractivity contribution in [3.05, 3.63) is 61.3 Å². The Morgan fingerprint density at radius 1 is 1.08 bits per heavy atom. The van der Waals surface area contributed by atoms with E-state index in [9.17, 15) is 5.21 Å². The summed E-state index contributed by atoms with van der Waals surface area (Å²) in [5, 5.41) is 11.3. The second kappa shape index (κ2) is 7.10. The van der Waals surface area contributed by atoms with Crippen LogP contribution in [0.3, 0.4) is 0 Å². The normalized spacial score (nSPS) is 21.5. The Balaban J connectivity index is 1.87. The number of aryl methyl sites for hydroxylation is 3. The highest BCUT2D eigenvalue weighted by Crippen LogP contribution is 2.45. The molecule has 132 valence electrons. The number of benzene rings is 1. The van der Waals surface area contributed by atoms with Crippen LogP contribution in [0, 0.1) is 12.8 Å². The molecule has 1 N–H and O–H groups in total. The fraction of sp³-hybridized carbons (Fsp3) is 0.450. The molecule has 3 nitrogen and oxygen atoms in total. The van der Waals surface area contributed by atoms with E-state index in [4.69, 9.17) is 4.98 Å². The number of hydrogen-bond acceptors (Lipinski definition) is 3. The van der Waals surface area contributed by atoms with Gasteiger partial charge in [-0.15, -0.1) is 0 Å². The lowest BCUT2D eigenvalue weighted by molar-refractivity contribution is -0.113. The summed E-state index contributed by atoms with van der Waals surface area (Å²) in [6.45, 7) is 3.65. The first kappa shape index (κ1) is 17.7. The van der Waals surface area contributed by atoms with Gasteiger partial charge in [0.05, 0.1) is 5.69 Å². The van der Waals surface area contributed by atoms with Crippen LogP contribution in [0.4, 0.5) is 0 Å². The molecule has 2 aromatic rings. The van der Waals surface area contributed by atoms with Crippen LogP contribution in [-0.2, 0) is 12.8 Å². The second-order valence-electron chi connectivity index (χ2n) is 7.29. The van der Waals surface area contributed by atoms with Gasteiger partial charge in [-0.3, -0.25) is 4.98 Å². The minimum Gasteiger partial charge on any atom is -0.314 e. The van der Waals surface area contributed by atoms with Crippen molar-refractivity contribution >= 4 is 31.9 Å². The van der Waals surface area contributed by atoms with Gasteiger partial charge < -0.3 is 5.21 Å². The molecule has 2 heterocycles. The largest absolute Gasteiger partial charge is 0.314 e. The first-order valence-electron chi connectivity index (χ1n) is 8.90. The van der Waals surface area contributed by atoms with Crippen molar-refractivity contribution in [2.24, 2.45) is 5.92 Å². The lowest BCUT2D eigenvalue weighted by atomic mass is 9.76. The molecule has 5 heteroatoms. The number of fused-ring (bicyclic) bond motifs is 2. The lowest BCUT2D eigenvalue weighted by Gasteiger charge is -2.34. The van der Waals surface area contributed by atoms with Crippen LogP contribution in [-0.4, -0.2) is 28.3 Å². The third-order valence-electron chi connectivity index (χ3n) is 5.58. The quantitative estimate of drug-likeness (QED) is 0.624. The zero-order valence-corrected chi connectivity index (χ0v) is 17.5. The van der Waals surface area contributed by atoms with Gasteiger partial charge in [0, 0.05) is 34.1 Å². The first-order chi connectivity index (χ1) is 12.0. The first-order valence-corrected chi connectivity index (χ1v) is 10.5. The summed E-state index contributed by atoms with van der Waals surface area (Å²) in [5.74, 6) is 0.802. The van der Waals surface area contributed by atoms with Gasteiger partial charge in [-0.05, 0) is 88.8 Å². The molecule has 1 aromatic carbocycles. The summed E-state index contributed by atoms with van der Waals surface area (Å²) in [7, 11) is 0. The zero-order valence-electron chi connectivity index (χ0n) is 14.3. The number of piperidine rings is 1. The van der Waals surface area contributed by atoms with E-state index in [0.717, 1.165) is 43.2 Å². The van der Waals surface area contributed by atoms with Crippen molar-refractivity contribution in [2.45, 2.75) is 38.5 Å². The van der Waals surface area contributed by atoms with E-state index in [-0.39, 0.29) is 0 Å². The smallest absolute Gasteiger partial charge is 0.0514 e. The van der Waals surface area contributed by atoms with E-state index in [0.29, 0.717) is 11.8 Å². The number of aromatic nitrogens is 1. The highest BCUT2D eigenvalue weighted by atomic mass is 79.9. The molecule has 1 aromatic heterocycles. The number of pyridine rings is 1. The van der Waals surface area contributed by atoms with Crippen molar-refractivity contribution in [3.8, 4) is 0 Å². The third-order valence-corrected chi connectivity index (χ3v) is 6.67. The monoisotopic (exact) mass is 464 g/mol. The predicted octanol–water partition coefficient (Wildman–Crippen LogP) is 5.25. The summed E-state index contributed by atoms with van der Waals surface area (Å²) in [6, 6.07) is 6.81. The maximum Gasteiger partial charge on any atom is 0.0514 e. The molecule has 25 heavy (non-hydrogen) atoms. The van der Waals surface area contributed by atoms with Gasteiger partial charge in [0.1, 0.15) is 0 Å². The van der Waals surface area contributed by atoms with Gasteiger partial charge >= 0.3 is 0 Å². The van der Waals surface area contributed by atoms with Crippen LogP contribution >= 0.6 is 31.9 Å². The third kappa shape index (κ3) is 3.44. The molecule has 1 saturated heterocycles. The minimum absolute atomic E-state index is 0.296. The fourth-order valence-electron chi connectivity index (χ4n) is 4.44. The SMILES string of the molecule is Cc1cc(Br)c2c(c1)CCc1cc(Br)cnc1C2C1CCN(O)CC1. The van der Waals surface area contributed by atoms with Crippen molar-refractivity contribution in [3.63, 3.8) is 0 Å². The molecule has 1 atom stereocenters. The molecule has 0 radical (unpaired) electrons. The number of halogens is 2. The summed E-state index contributed by atoms with van der Waals surface area (Å²) in [4.78, 5) is 4.87. The minimum atomic E-state index is 0.296. The molecule has 2 aliphatic rings. The van der Waals surface area contributed by atoms with Gasteiger partial charge in [0.25, 0.3) is 0 Å². The van der Waals surface area contributed by atoms with E-state index < -0.39 is 0 Å². The number of hydrogen-bond donors (Lipinski definition) is 1. The number of rotatable bonds is 1. The van der Waals surface area contributed by atoms with Crippen LogP contribution in [0.2, 0.25) is 0 Å². The van der Waals surface area contributed by atoms with E-state index in [1.807, 2.05) is 6.20 Å². The highest BCUT2D eigenvalue weighted by Gasteiger charge is 2.35. The Morgan fingerprint density at radius 3 is 2.56 bits per heavy atom. The fourth-order valence-corrected chi connectivity index (χ4v) is 5.68. The summed E-state index contributed by atoms with van der Waals surface area (Å²) in [6.07, 6.45) is 6.01. The molecular weight excluding hydrogens is 444 g/mol. The van der Waals surface area contributed by atoms with Crippen LogP contribution in [0.1, 0.15) is 46.7 Å². The van der Waals surface area contributed by atoms with Crippen LogP contribution < -0.4 is 0 Å². The topological polar surface area (TPSA) is 36.4 Å². The maximum absolute atomic E-state index is 9.80. The summed E-state index contributed by atoms with van der Waals surface area (Å²) in [5.41, 5.74) is 6.73. The molecule has 0 bridgehead atoms. The molecule has 0 spiro atoms. The van der Waals surface area contributed by atoms with E-state index in [2.05, 4.69) is 57.0 Å². The predicted molar refractivity (Wildman–Crippen MR) is 106 cm³/mol. The summed E-state index contributed by atoms with van der Waals surface area (Å²) >= 11 is 7.45. The number of hydroxylamine groups is 2. The Hall–Kier alpha value is -0.750. The van der Waals surface area contributed by atoms with E-state index in [1.165, 1.54) is 37.5 Å². The van der Waals surface area contributed by atoms with Crippen LogP contribution in [0.25, 0.3) is 0 Å². The molecule has 0 amide bonds. The van der Waals surface area contributed by atoms with E-state index in [1.54, 1.807) is 0 Å². The van der Waals surface area contributed by atoms with Crippen molar-refractivity contribution in [1.29, 1.82) is 0 Å². The Morgan fingerprint density at radius 2 is 1.80 bits per heavy atom. The molecule has 1 aliphatic heterocycles. The summed E-state index contributed by atoms with van der Waals surface area (Å²) < 4.78 is 2.26. The van der Waals surface area contributed by atoms with Crippen molar-refractivity contribution in [1.82, 2.24) is 10.0 Å². The molecule has 1 fully saturated rings. The van der Waals surface area contributed by atoms with Gasteiger partial charge in [-0.25, -0.2) is 0 Å². The maximum atomic E-state index is 9.80. The van der Waals surface area contributed by atoms with E-state index >= 15 is 0 Å². The van der Waals surface area contributed by atoms with Crippen molar-refractivity contribution < 1.29 is 5.21 Å². The number of nitrogens with zero attached hydrogens (tertiary/aromatic N) is 2. The van der Waals surface area contributed by atoms with Crippen molar-refractivity contribution in [2.75, 3.05) is 13.1 Å². The average molecular weight is 466 g/mol. The highest BCUT2D eigenvalue weighted by molar-refractivity contribution is 9.10. The van der Waals surface area contributed by atoms with Gasteiger partial charge in [0.15, 0.2) is 0 Å².